The van der Waals surface area contributed by atoms with Gasteiger partial charge < -0.3 is 15.4 Å². The van der Waals surface area contributed by atoms with Crippen molar-refractivity contribution in [2.75, 3.05) is 13.1 Å². The fourth-order valence-corrected chi connectivity index (χ4v) is 7.31. The van der Waals surface area contributed by atoms with Gasteiger partial charge in [0.25, 0.3) is 5.91 Å². The third-order valence-electron chi connectivity index (χ3n) is 7.59. The van der Waals surface area contributed by atoms with E-state index in [1.54, 1.807) is 12.1 Å². The Kier molecular flexibility index (Phi) is 7.92. The second kappa shape index (κ2) is 11.4. The molecular formula is C30H32N4O6S. The van der Waals surface area contributed by atoms with Crippen molar-refractivity contribution in [3.05, 3.63) is 89.8 Å². The first-order valence-electron chi connectivity index (χ1n) is 13.6. The van der Waals surface area contributed by atoms with Crippen LogP contribution in [-0.4, -0.2) is 66.4 Å². The van der Waals surface area contributed by atoms with Crippen molar-refractivity contribution in [3.8, 4) is 11.1 Å². The summed E-state index contributed by atoms with van der Waals surface area (Å²) in [5, 5.41) is 14.6. The highest BCUT2D eigenvalue weighted by Crippen LogP contribution is 2.34. The van der Waals surface area contributed by atoms with Crippen LogP contribution in [0.2, 0.25) is 0 Å². The molecule has 214 valence electrons. The lowest BCUT2D eigenvalue weighted by Gasteiger charge is -2.29. The van der Waals surface area contributed by atoms with Gasteiger partial charge in [-0.15, -0.1) is 0 Å². The van der Waals surface area contributed by atoms with Crippen LogP contribution in [0.3, 0.4) is 0 Å². The van der Waals surface area contributed by atoms with Crippen molar-refractivity contribution < 1.29 is 27.5 Å². The van der Waals surface area contributed by atoms with E-state index in [9.17, 15) is 28.0 Å². The van der Waals surface area contributed by atoms with Crippen LogP contribution in [0.1, 0.15) is 37.0 Å². The first kappa shape index (κ1) is 28.4. The number of aromatic nitrogens is 1. The average Bonchev–Trinajstić information content (AvgIpc) is 3.54. The van der Waals surface area contributed by atoms with Crippen LogP contribution in [0.15, 0.2) is 84.0 Å². The number of sulfonamides is 1. The van der Waals surface area contributed by atoms with Crippen molar-refractivity contribution in [1.82, 2.24) is 14.5 Å². The van der Waals surface area contributed by atoms with E-state index in [1.807, 2.05) is 56.3 Å². The van der Waals surface area contributed by atoms with Gasteiger partial charge in [0.1, 0.15) is 12.1 Å². The van der Waals surface area contributed by atoms with Gasteiger partial charge in [-0.2, -0.15) is 9.04 Å². The van der Waals surface area contributed by atoms with Gasteiger partial charge >= 0.3 is 15.0 Å². The number of pyridine rings is 1. The van der Waals surface area contributed by atoms with Crippen LogP contribution in [0.5, 0.6) is 0 Å². The Labute approximate surface area is 239 Å². The number of Topliss-reactive ketones (excluding diaryl/α,β-unsaturated/α-hetero) is 1. The topological polar surface area (TPSA) is 131 Å². The summed E-state index contributed by atoms with van der Waals surface area (Å²) in [6.07, 6.45) is 1.68. The smallest absolute Gasteiger partial charge is 0.323 e. The summed E-state index contributed by atoms with van der Waals surface area (Å²) in [5.74, 6) is -1.19. The van der Waals surface area contributed by atoms with E-state index in [0.29, 0.717) is 12.0 Å². The fourth-order valence-electron chi connectivity index (χ4n) is 5.65. The molecule has 2 fully saturated rings. The number of hydrogen-bond acceptors (Lipinski definition) is 6. The van der Waals surface area contributed by atoms with Gasteiger partial charge in [0.05, 0.1) is 12.6 Å². The monoisotopic (exact) mass is 576 g/mol. The van der Waals surface area contributed by atoms with E-state index in [1.165, 1.54) is 23.1 Å². The molecule has 2 aromatic carbocycles. The highest BCUT2D eigenvalue weighted by Gasteiger charge is 2.55. The summed E-state index contributed by atoms with van der Waals surface area (Å²) < 4.78 is 27.9. The van der Waals surface area contributed by atoms with Crippen LogP contribution >= 0.6 is 0 Å². The highest BCUT2D eigenvalue weighted by molar-refractivity contribution is 7.89. The summed E-state index contributed by atoms with van der Waals surface area (Å²) in [7, 11) is -4.27. The van der Waals surface area contributed by atoms with Gasteiger partial charge in [0.15, 0.2) is 12.0 Å². The first-order valence-corrected chi connectivity index (χ1v) is 15.0. The largest absolute Gasteiger partial charge is 0.618 e. The van der Waals surface area contributed by atoms with E-state index in [0.717, 1.165) is 21.6 Å². The first-order chi connectivity index (χ1) is 19.6. The third kappa shape index (κ3) is 5.59. The van der Waals surface area contributed by atoms with E-state index < -0.39 is 57.3 Å². The second-order valence-corrected chi connectivity index (χ2v) is 12.7. The number of hydrogen-bond donors (Lipinski definition) is 1. The molecule has 2 amide bonds. The molecule has 5 rings (SSSR count). The SMILES string of the molecule is CC(C)CC(NC(=O)c1ccc(-c2ccccc2)cc1)C(=O)N1CCC2C1C(=O)CN2S(=O)(=O)c1cccc[n+]1[O-]. The molecule has 0 bridgehead atoms. The molecule has 3 atom stereocenters. The molecule has 3 aromatic rings. The zero-order valence-electron chi connectivity index (χ0n) is 22.8. The Morgan fingerprint density at radius 2 is 1.66 bits per heavy atom. The molecule has 3 unspecified atom stereocenters. The van der Waals surface area contributed by atoms with Crippen LogP contribution in [0.25, 0.3) is 11.1 Å². The lowest BCUT2D eigenvalue weighted by molar-refractivity contribution is -0.646. The summed E-state index contributed by atoms with van der Waals surface area (Å²) in [5.41, 5.74) is 2.37. The minimum Gasteiger partial charge on any atom is -0.618 e. The summed E-state index contributed by atoms with van der Waals surface area (Å²) in [6, 6.07) is 18.3. The summed E-state index contributed by atoms with van der Waals surface area (Å²) in [4.78, 5) is 41.5. The number of ketones is 1. The Morgan fingerprint density at radius 1 is 1.00 bits per heavy atom. The fraction of sp³-hybridized carbons (Fsp3) is 0.333. The Bertz CT molecular complexity index is 1560. The van der Waals surface area contributed by atoms with Crippen molar-refractivity contribution in [3.63, 3.8) is 0 Å². The van der Waals surface area contributed by atoms with Crippen LogP contribution in [0, 0.1) is 11.1 Å². The minimum absolute atomic E-state index is 0.0600. The van der Waals surface area contributed by atoms with E-state index >= 15 is 0 Å². The number of benzene rings is 2. The minimum atomic E-state index is -4.27. The highest BCUT2D eigenvalue weighted by atomic mass is 32.2. The molecule has 41 heavy (non-hydrogen) atoms. The van der Waals surface area contributed by atoms with Crippen molar-refractivity contribution in [2.24, 2.45) is 5.92 Å². The van der Waals surface area contributed by atoms with E-state index in [4.69, 9.17) is 0 Å². The second-order valence-electron chi connectivity index (χ2n) is 10.8. The quantitative estimate of drug-likeness (QED) is 0.324. The zero-order chi connectivity index (χ0) is 29.3. The molecule has 2 saturated heterocycles. The molecule has 1 aromatic heterocycles. The molecule has 0 aliphatic carbocycles. The lowest BCUT2D eigenvalue weighted by Crippen LogP contribution is -2.53. The number of carbonyl (C=O) groups excluding carboxylic acids is 3. The van der Waals surface area contributed by atoms with Gasteiger partial charge in [0, 0.05) is 24.2 Å². The molecule has 10 nitrogen and oxygen atoms in total. The maximum Gasteiger partial charge on any atom is 0.323 e. The van der Waals surface area contributed by atoms with Gasteiger partial charge in [-0.1, -0.05) is 56.3 Å². The van der Waals surface area contributed by atoms with E-state index in [-0.39, 0.29) is 23.6 Å². The molecule has 0 radical (unpaired) electrons. The molecule has 11 heteroatoms. The van der Waals surface area contributed by atoms with Crippen molar-refractivity contribution >= 4 is 27.6 Å². The van der Waals surface area contributed by atoms with Gasteiger partial charge in [-0.3, -0.25) is 14.4 Å². The number of nitrogens with zero attached hydrogens (tertiary/aromatic N) is 3. The maximum atomic E-state index is 13.8. The molecule has 1 N–H and O–H groups in total. The standard InChI is InChI=1S/C30H32N4O6S/c1-20(2)18-24(31-29(36)23-13-11-22(12-14-23)21-8-4-3-5-9-21)30(37)32-17-15-25-28(32)26(35)19-34(25)41(39,40)27-10-6-7-16-33(27)38/h3-14,16,20,24-25,28H,15,17-19H2,1-2H3,(H,31,36). The van der Waals surface area contributed by atoms with Gasteiger partial charge in [-0.05, 0) is 48.1 Å². The van der Waals surface area contributed by atoms with Crippen LogP contribution < -0.4 is 10.0 Å². The number of fused-ring (bicyclic) bond motifs is 1. The molecule has 2 aliphatic rings. The Morgan fingerprint density at radius 3 is 2.32 bits per heavy atom. The van der Waals surface area contributed by atoms with Gasteiger partial charge in [0.2, 0.25) is 5.91 Å². The number of carbonyl (C=O) groups is 3. The van der Waals surface area contributed by atoms with Crippen molar-refractivity contribution in [1.29, 1.82) is 0 Å². The lowest BCUT2D eigenvalue weighted by atomic mass is 10.0. The Hall–Kier alpha value is -4.09. The predicted octanol–water partition coefficient (Wildman–Crippen LogP) is 2.37. The van der Waals surface area contributed by atoms with Gasteiger partial charge in [-0.25, -0.2) is 8.42 Å². The number of rotatable bonds is 8. The maximum absolute atomic E-state index is 13.8. The predicted molar refractivity (Wildman–Crippen MR) is 151 cm³/mol. The molecule has 0 saturated carbocycles. The number of likely N-dealkylation sites (tertiary alicyclic amines) is 1. The third-order valence-corrected chi connectivity index (χ3v) is 9.45. The van der Waals surface area contributed by atoms with Crippen LogP contribution in [0.4, 0.5) is 0 Å². The summed E-state index contributed by atoms with van der Waals surface area (Å²) in [6.45, 7) is 3.60. The molecular weight excluding hydrogens is 544 g/mol. The normalized spacial score (nSPS) is 19.8. The average molecular weight is 577 g/mol. The number of nitrogens with one attached hydrogen (secondary N) is 1. The summed E-state index contributed by atoms with van der Waals surface area (Å²) >= 11 is 0. The molecule has 2 aliphatic heterocycles. The number of amides is 2. The molecule has 3 heterocycles. The molecule has 0 spiro atoms. The Balaban J connectivity index is 1.33. The zero-order valence-corrected chi connectivity index (χ0v) is 23.7. The van der Waals surface area contributed by atoms with Crippen molar-refractivity contribution in [2.45, 2.75) is 49.8 Å². The van der Waals surface area contributed by atoms with E-state index in [2.05, 4.69) is 5.32 Å². The van der Waals surface area contributed by atoms with Crippen LogP contribution in [-0.2, 0) is 19.6 Å².